The van der Waals surface area contributed by atoms with E-state index in [9.17, 15) is 15.0 Å². The lowest BCUT2D eigenvalue weighted by Gasteiger charge is -2.67. The van der Waals surface area contributed by atoms with Crippen molar-refractivity contribution in [1.82, 2.24) is 4.90 Å². The van der Waals surface area contributed by atoms with Crippen LogP contribution in [0.15, 0.2) is 23.3 Å². The van der Waals surface area contributed by atoms with Gasteiger partial charge in [0.15, 0.2) is 0 Å². The van der Waals surface area contributed by atoms with Crippen molar-refractivity contribution in [2.45, 2.75) is 44.8 Å². The van der Waals surface area contributed by atoms with Gasteiger partial charge in [0.25, 0.3) is 0 Å². The van der Waals surface area contributed by atoms with E-state index < -0.39 is 16.6 Å². The van der Waals surface area contributed by atoms with Gasteiger partial charge in [0.2, 0.25) is 0 Å². The Kier molecular flexibility index (Phi) is 3.34. The van der Waals surface area contributed by atoms with Crippen LogP contribution >= 0.6 is 0 Å². The van der Waals surface area contributed by atoms with Crippen LogP contribution in [0.3, 0.4) is 0 Å². The van der Waals surface area contributed by atoms with Gasteiger partial charge in [-0.3, -0.25) is 9.69 Å². The minimum atomic E-state index is -1.00. The molecule has 0 aromatic carbocycles. The number of hydrogen-bond acceptors (Lipinski definition) is 5. The van der Waals surface area contributed by atoms with E-state index in [0.717, 1.165) is 38.8 Å². The fourth-order valence-electron chi connectivity index (χ4n) is 8.91. The summed E-state index contributed by atoms with van der Waals surface area (Å²) in [6, 6.07) is 0. The number of allylic oxidation sites excluding steroid dienone is 1. The topological polar surface area (TPSA) is 70.0 Å². The highest BCUT2D eigenvalue weighted by Crippen LogP contribution is 2.78. The van der Waals surface area contributed by atoms with Crippen molar-refractivity contribution in [3.8, 4) is 0 Å². The van der Waals surface area contributed by atoms with E-state index in [2.05, 4.69) is 24.0 Å². The van der Waals surface area contributed by atoms with Gasteiger partial charge in [0.1, 0.15) is 5.72 Å². The summed E-state index contributed by atoms with van der Waals surface area (Å²) in [7, 11) is 1.48. The summed E-state index contributed by atoms with van der Waals surface area (Å²) < 4.78 is 5.23. The van der Waals surface area contributed by atoms with Crippen LogP contribution in [0, 0.1) is 40.4 Å². The van der Waals surface area contributed by atoms with Crippen molar-refractivity contribution in [1.29, 1.82) is 0 Å². The summed E-state index contributed by atoms with van der Waals surface area (Å²) in [6.45, 7) is 4.02. The average Bonchev–Trinajstić information content (AvgIpc) is 3.31. The molecule has 1 saturated carbocycles. The maximum atomic E-state index is 12.8. The molecule has 28 heavy (non-hydrogen) atoms. The molecule has 0 aromatic heterocycles. The molecule has 152 valence electrons. The number of methoxy groups -OCH3 is 1. The highest BCUT2D eigenvalue weighted by Gasteiger charge is 2.80. The summed E-state index contributed by atoms with van der Waals surface area (Å²) in [5, 5.41) is 23.5. The average molecular weight is 386 g/mol. The molecule has 4 bridgehead atoms. The number of piperidine rings is 1. The van der Waals surface area contributed by atoms with E-state index in [4.69, 9.17) is 4.74 Å². The van der Waals surface area contributed by atoms with E-state index in [-0.39, 0.29) is 30.3 Å². The van der Waals surface area contributed by atoms with Crippen molar-refractivity contribution in [2.24, 2.45) is 40.4 Å². The number of ether oxygens (including phenoxy) is 1. The highest BCUT2D eigenvalue weighted by molar-refractivity contribution is 5.75. The number of aliphatic hydroxyl groups excluding tert-OH is 1. The number of hydrogen-bond donors (Lipinski definition) is 2. The molecule has 6 aliphatic rings. The van der Waals surface area contributed by atoms with Gasteiger partial charge in [-0.25, -0.2) is 0 Å². The Labute approximate surface area is 166 Å². The van der Waals surface area contributed by atoms with Crippen LogP contribution in [0.1, 0.15) is 39.0 Å². The molecule has 2 aliphatic heterocycles. The lowest BCUT2D eigenvalue weighted by Crippen LogP contribution is -2.74. The molecule has 0 amide bonds. The molecular formula is C23H31NO4. The van der Waals surface area contributed by atoms with E-state index >= 15 is 0 Å². The first kappa shape index (κ1) is 17.7. The zero-order chi connectivity index (χ0) is 19.5. The predicted octanol–water partition coefficient (Wildman–Crippen LogP) is 2.10. The fourth-order valence-corrected chi connectivity index (χ4v) is 8.91. The Morgan fingerprint density at radius 2 is 2.11 bits per heavy atom. The van der Waals surface area contributed by atoms with Crippen LogP contribution in [0.25, 0.3) is 0 Å². The first-order chi connectivity index (χ1) is 13.4. The van der Waals surface area contributed by atoms with Gasteiger partial charge in [0.05, 0.1) is 19.6 Å². The molecule has 2 saturated heterocycles. The third kappa shape index (κ3) is 1.57. The molecule has 6 rings (SSSR count). The van der Waals surface area contributed by atoms with Crippen LogP contribution < -0.4 is 0 Å². The van der Waals surface area contributed by atoms with E-state index in [0.29, 0.717) is 18.3 Å². The number of esters is 1. The Bertz CT molecular complexity index is 819. The molecule has 2 N–H and O–H groups in total. The second kappa shape index (κ2) is 5.30. The van der Waals surface area contributed by atoms with Crippen molar-refractivity contribution in [3.63, 3.8) is 0 Å². The third-order valence-corrected chi connectivity index (χ3v) is 9.80. The predicted molar refractivity (Wildman–Crippen MR) is 103 cm³/mol. The van der Waals surface area contributed by atoms with Crippen molar-refractivity contribution in [2.75, 3.05) is 26.8 Å². The van der Waals surface area contributed by atoms with Crippen molar-refractivity contribution < 1.29 is 19.7 Å². The summed E-state index contributed by atoms with van der Waals surface area (Å²) in [6.07, 6.45) is 9.22. The standard InChI is InChI=1S/C23H31NO4/c1-13-10-24-11-15-5-3-14-4-6-16-17(20(26)28-2)9-22(19(14)16)21(15,12-25)8-7-18(13)23(22,24)27/h7-8,13,15-18,25,27H,3-6,9-12H2,1-2H3/t13-,15-,16-,17-,18-,21-,22-,23+/m1/s1. The smallest absolute Gasteiger partial charge is 0.309 e. The van der Waals surface area contributed by atoms with Gasteiger partial charge in [0, 0.05) is 29.8 Å². The Morgan fingerprint density at radius 1 is 1.32 bits per heavy atom. The van der Waals surface area contributed by atoms with E-state index in [1.54, 1.807) is 0 Å². The largest absolute Gasteiger partial charge is 0.469 e. The molecule has 3 fully saturated rings. The van der Waals surface area contributed by atoms with Crippen molar-refractivity contribution in [3.05, 3.63) is 23.3 Å². The van der Waals surface area contributed by atoms with Crippen LogP contribution in [0.5, 0.6) is 0 Å². The molecule has 0 unspecified atom stereocenters. The third-order valence-electron chi connectivity index (χ3n) is 9.80. The normalized spacial score (nSPS) is 53.4. The lowest BCUT2D eigenvalue weighted by molar-refractivity contribution is -0.270. The summed E-state index contributed by atoms with van der Waals surface area (Å²) in [5.41, 5.74) is 0.779. The molecule has 0 aromatic rings. The first-order valence-electron chi connectivity index (χ1n) is 11.0. The Hall–Kier alpha value is -1.17. The zero-order valence-electron chi connectivity index (χ0n) is 16.9. The van der Waals surface area contributed by atoms with Crippen LogP contribution in [0.4, 0.5) is 0 Å². The molecular weight excluding hydrogens is 354 g/mol. The van der Waals surface area contributed by atoms with Crippen molar-refractivity contribution >= 4 is 5.97 Å². The molecule has 8 atom stereocenters. The van der Waals surface area contributed by atoms with E-state index in [1.165, 1.54) is 18.3 Å². The summed E-state index contributed by atoms with van der Waals surface area (Å²) in [5.74, 6) is 0.556. The molecule has 5 heteroatoms. The number of rotatable bonds is 2. The lowest BCUT2D eigenvalue weighted by atomic mass is 9.44. The van der Waals surface area contributed by atoms with Crippen LogP contribution in [-0.2, 0) is 9.53 Å². The van der Waals surface area contributed by atoms with Gasteiger partial charge in [-0.2, -0.15) is 0 Å². The zero-order valence-corrected chi connectivity index (χ0v) is 16.9. The minimum absolute atomic E-state index is 0.0445. The van der Waals surface area contributed by atoms with Gasteiger partial charge >= 0.3 is 5.97 Å². The van der Waals surface area contributed by atoms with Gasteiger partial charge in [-0.15, -0.1) is 0 Å². The number of nitrogens with zero attached hydrogens (tertiary/aromatic N) is 1. The van der Waals surface area contributed by atoms with Crippen LogP contribution in [-0.4, -0.2) is 53.6 Å². The molecule has 5 nitrogen and oxygen atoms in total. The quantitative estimate of drug-likeness (QED) is 0.563. The first-order valence-corrected chi connectivity index (χ1v) is 11.0. The molecule has 4 aliphatic carbocycles. The minimum Gasteiger partial charge on any atom is -0.469 e. The summed E-state index contributed by atoms with van der Waals surface area (Å²) >= 11 is 0. The number of aliphatic hydroxyl groups is 2. The Balaban J connectivity index is 1.68. The maximum Gasteiger partial charge on any atom is 0.309 e. The maximum absolute atomic E-state index is 12.8. The van der Waals surface area contributed by atoms with Gasteiger partial charge in [-0.05, 0) is 49.9 Å². The van der Waals surface area contributed by atoms with E-state index in [1.807, 2.05) is 0 Å². The summed E-state index contributed by atoms with van der Waals surface area (Å²) in [4.78, 5) is 15.2. The van der Waals surface area contributed by atoms with Crippen LogP contribution in [0.2, 0.25) is 0 Å². The molecule has 1 spiro atoms. The molecule has 0 radical (unpaired) electrons. The Morgan fingerprint density at radius 3 is 2.86 bits per heavy atom. The monoisotopic (exact) mass is 385 g/mol. The van der Waals surface area contributed by atoms with Gasteiger partial charge < -0.3 is 14.9 Å². The highest BCUT2D eigenvalue weighted by atomic mass is 16.5. The second-order valence-corrected chi connectivity index (χ2v) is 10.3. The number of carbonyl (C=O) groups is 1. The number of carbonyl (C=O) groups excluding carboxylic acids is 1. The second-order valence-electron chi connectivity index (χ2n) is 10.3. The SMILES string of the molecule is COC(=O)[C@@H]1C[C@@]23C4=C(CC[C@@H]5CN6C[C@@H](C)[C@@H](C=C[C@@]52CO)[C@@]63O)CC[C@@H]41. The molecule has 2 heterocycles. The van der Waals surface area contributed by atoms with Gasteiger partial charge in [-0.1, -0.05) is 30.2 Å². The fraction of sp³-hybridized carbons (Fsp3) is 0.783.